The summed E-state index contributed by atoms with van der Waals surface area (Å²) < 4.78 is 0. The van der Waals surface area contributed by atoms with Crippen LogP contribution >= 0.6 is 23.2 Å². The number of rotatable bonds is 4. The van der Waals surface area contributed by atoms with E-state index in [0.29, 0.717) is 21.2 Å². The third-order valence-electron chi connectivity index (χ3n) is 3.96. The number of nitriles is 2. The molecule has 0 N–H and O–H groups in total. The number of benzene rings is 2. The summed E-state index contributed by atoms with van der Waals surface area (Å²) in [6.45, 7) is 4.97. The second kappa shape index (κ2) is 9.83. The van der Waals surface area contributed by atoms with Gasteiger partial charge >= 0.3 is 0 Å². The van der Waals surface area contributed by atoms with Crippen LogP contribution in [0.2, 0.25) is 10.0 Å². The number of nitro groups is 2. The van der Waals surface area contributed by atoms with Crippen molar-refractivity contribution in [3.63, 3.8) is 0 Å². The maximum Gasteiger partial charge on any atom is 0.269 e. The lowest BCUT2D eigenvalue weighted by atomic mass is 9.86. The van der Waals surface area contributed by atoms with E-state index in [1.165, 1.54) is 36.4 Å². The van der Waals surface area contributed by atoms with Gasteiger partial charge in [-0.3, -0.25) is 20.2 Å². The van der Waals surface area contributed by atoms with Crippen molar-refractivity contribution in [2.45, 2.75) is 32.1 Å². The van der Waals surface area contributed by atoms with Gasteiger partial charge in [-0.1, -0.05) is 23.2 Å². The van der Waals surface area contributed by atoms with Gasteiger partial charge in [-0.05, 0) is 44.0 Å². The first-order valence-corrected chi connectivity index (χ1v) is 8.89. The number of non-ortho nitro benzene ring substituents is 2. The molecule has 0 heterocycles. The first-order chi connectivity index (χ1) is 13.4. The molecule has 1 unspecified atom stereocenters. The van der Waals surface area contributed by atoms with Crippen LogP contribution in [0.25, 0.3) is 0 Å². The van der Waals surface area contributed by atoms with Gasteiger partial charge in [-0.15, -0.1) is 0 Å². The zero-order valence-corrected chi connectivity index (χ0v) is 17.2. The fourth-order valence-corrected chi connectivity index (χ4v) is 2.85. The van der Waals surface area contributed by atoms with Gasteiger partial charge in [0.15, 0.2) is 0 Å². The summed E-state index contributed by atoms with van der Waals surface area (Å²) in [4.78, 5) is 20.0. The molecule has 29 heavy (non-hydrogen) atoms. The van der Waals surface area contributed by atoms with Crippen LogP contribution in [-0.4, -0.2) is 9.85 Å². The fraction of sp³-hybridized carbons (Fsp3) is 0.263. The van der Waals surface area contributed by atoms with E-state index in [1.54, 1.807) is 20.8 Å². The molecule has 2 aromatic rings. The minimum absolute atomic E-state index is 0.0495. The van der Waals surface area contributed by atoms with E-state index in [0.717, 1.165) is 0 Å². The van der Waals surface area contributed by atoms with Gasteiger partial charge in [0.1, 0.15) is 0 Å². The summed E-state index contributed by atoms with van der Waals surface area (Å²) in [5.41, 5.74) is 0.0248. The predicted octanol–water partition coefficient (Wildman–Crippen LogP) is 5.92. The Morgan fingerprint density at radius 3 is 1.90 bits per heavy atom. The van der Waals surface area contributed by atoms with E-state index in [1.807, 2.05) is 6.07 Å². The molecule has 2 aromatic carbocycles. The Morgan fingerprint density at radius 1 is 0.966 bits per heavy atom. The van der Waals surface area contributed by atoms with Gasteiger partial charge in [0, 0.05) is 34.3 Å². The quantitative estimate of drug-likeness (QED) is 0.432. The van der Waals surface area contributed by atoms with Crippen molar-refractivity contribution >= 4 is 34.6 Å². The average Bonchev–Trinajstić information content (AvgIpc) is 2.68. The monoisotopic (exact) mass is 434 g/mol. The molecule has 2 rings (SSSR count). The molecular formula is C19H16Cl2N4O4. The molecule has 8 nitrogen and oxygen atoms in total. The second-order valence-corrected chi connectivity index (χ2v) is 7.29. The molecular weight excluding hydrogens is 419 g/mol. The molecule has 0 spiro atoms. The van der Waals surface area contributed by atoms with E-state index in [4.69, 9.17) is 33.7 Å². The number of halogens is 2. The molecule has 0 aliphatic rings. The van der Waals surface area contributed by atoms with Crippen molar-refractivity contribution in [2.24, 2.45) is 0 Å². The molecule has 1 atom stereocenters. The summed E-state index contributed by atoms with van der Waals surface area (Å²) in [7, 11) is 0. The third kappa shape index (κ3) is 6.15. The highest BCUT2D eigenvalue weighted by molar-refractivity contribution is 6.31. The molecule has 0 aliphatic heterocycles. The van der Waals surface area contributed by atoms with Crippen molar-refractivity contribution in [3.8, 4) is 12.1 Å². The van der Waals surface area contributed by atoms with Gasteiger partial charge < -0.3 is 0 Å². The minimum Gasteiger partial charge on any atom is -0.258 e. The Morgan fingerprint density at radius 2 is 1.45 bits per heavy atom. The van der Waals surface area contributed by atoms with E-state index >= 15 is 0 Å². The lowest BCUT2D eigenvalue weighted by Gasteiger charge is -2.16. The highest BCUT2D eigenvalue weighted by Crippen LogP contribution is 2.32. The van der Waals surface area contributed by atoms with Crippen molar-refractivity contribution in [3.05, 3.63) is 77.8 Å². The van der Waals surface area contributed by atoms with Gasteiger partial charge in [-0.2, -0.15) is 10.5 Å². The zero-order chi connectivity index (χ0) is 22.4. The molecule has 0 amide bonds. The summed E-state index contributed by atoms with van der Waals surface area (Å²) >= 11 is 11.7. The van der Waals surface area contributed by atoms with Gasteiger partial charge in [-0.25, -0.2) is 0 Å². The Bertz CT molecular complexity index is 1030. The van der Waals surface area contributed by atoms with E-state index in [-0.39, 0.29) is 11.4 Å². The van der Waals surface area contributed by atoms with Gasteiger partial charge in [0.2, 0.25) is 0 Å². The largest absolute Gasteiger partial charge is 0.269 e. The van der Waals surface area contributed by atoms with Crippen LogP contribution in [0.1, 0.15) is 37.8 Å². The molecule has 150 valence electrons. The molecule has 0 saturated carbocycles. The standard InChI is InChI=1S/C10H9ClN2O2.C9H7ClN2O2/c1-10(2,6-12)8-5-7(13(14)15)3-4-9(8)11;1-6(5-11)8-4-7(12(13)14)2-3-9(8)10/h3-5H,1-2H3;2-4,6H,1H3. The summed E-state index contributed by atoms with van der Waals surface area (Å²) in [5, 5.41) is 39.3. The first-order valence-electron chi connectivity index (χ1n) is 8.13. The second-order valence-electron chi connectivity index (χ2n) is 6.47. The van der Waals surface area contributed by atoms with Crippen LogP contribution in [-0.2, 0) is 5.41 Å². The highest BCUT2D eigenvalue weighted by atomic mass is 35.5. The Labute approximate surface area is 177 Å². The highest BCUT2D eigenvalue weighted by Gasteiger charge is 2.25. The minimum atomic E-state index is -0.830. The van der Waals surface area contributed by atoms with Gasteiger partial charge in [0.05, 0.1) is 33.3 Å². The Hall–Kier alpha value is -3.20. The van der Waals surface area contributed by atoms with E-state index in [2.05, 4.69) is 6.07 Å². The van der Waals surface area contributed by atoms with Crippen molar-refractivity contribution in [1.29, 1.82) is 10.5 Å². The molecule has 10 heteroatoms. The topological polar surface area (TPSA) is 134 Å². The summed E-state index contributed by atoms with van der Waals surface area (Å²) in [5.74, 6) is -0.442. The Balaban J connectivity index is 0.000000291. The number of hydrogen-bond acceptors (Lipinski definition) is 6. The van der Waals surface area contributed by atoms with Gasteiger partial charge in [0.25, 0.3) is 11.4 Å². The molecule has 0 aromatic heterocycles. The average molecular weight is 435 g/mol. The zero-order valence-electron chi connectivity index (χ0n) is 15.7. The van der Waals surface area contributed by atoms with Crippen molar-refractivity contribution in [2.75, 3.05) is 0 Å². The van der Waals surface area contributed by atoms with Crippen LogP contribution in [0.4, 0.5) is 11.4 Å². The lowest BCUT2D eigenvalue weighted by Crippen LogP contribution is -2.14. The first kappa shape index (κ1) is 23.8. The molecule has 0 fully saturated rings. The maximum absolute atomic E-state index is 10.6. The van der Waals surface area contributed by atoms with Crippen molar-refractivity contribution < 1.29 is 9.85 Å². The predicted molar refractivity (Wildman–Crippen MR) is 109 cm³/mol. The van der Waals surface area contributed by atoms with Crippen LogP contribution in [0.3, 0.4) is 0 Å². The molecule has 0 aliphatic carbocycles. The van der Waals surface area contributed by atoms with Crippen LogP contribution in [0, 0.1) is 42.9 Å². The molecule has 0 radical (unpaired) electrons. The third-order valence-corrected chi connectivity index (χ3v) is 4.64. The van der Waals surface area contributed by atoms with E-state index < -0.39 is 21.2 Å². The smallest absolute Gasteiger partial charge is 0.258 e. The van der Waals surface area contributed by atoms with Crippen LogP contribution < -0.4 is 0 Å². The maximum atomic E-state index is 10.6. The molecule has 0 saturated heterocycles. The normalized spacial score (nSPS) is 11.3. The number of nitrogens with zero attached hydrogens (tertiary/aromatic N) is 4. The van der Waals surface area contributed by atoms with E-state index in [9.17, 15) is 20.2 Å². The lowest BCUT2D eigenvalue weighted by molar-refractivity contribution is -0.385. The molecule has 0 bridgehead atoms. The Kier molecular flexibility index (Phi) is 8.08. The van der Waals surface area contributed by atoms with Crippen LogP contribution in [0.15, 0.2) is 36.4 Å². The number of hydrogen-bond donors (Lipinski definition) is 0. The SMILES string of the molecule is CC(C#N)c1cc([N+](=O)[O-])ccc1Cl.CC(C)(C#N)c1cc([N+](=O)[O-])ccc1Cl. The number of nitro benzene ring substituents is 2. The van der Waals surface area contributed by atoms with Crippen LogP contribution in [0.5, 0.6) is 0 Å². The summed E-state index contributed by atoms with van der Waals surface area (Å²) in [6, 6.07) is 12.2. The summed E-state index contributed by atoms with van der Waals surface area (Å²) in [6.07, 6.45) is 0. The van der Waals surface area contributed by atoms with Crippen molar-refractivity contribution in [1.82, 2.24) is 0 Å². The fourth-order valence-electron chi connectivity index (χ4n) is 2.21.